The van der Waals surface area contributed by atoms with Crippen molar-refractivity contribution in [1.29, 1.82) is 0 Å². The van der Waals surface area contributed by atoms with Crippen molar-refractivity contribution in [3.05, 3.63) is 55.6 Å². The van der Waals surface area contributed by atoms with Crippen molar-refractivity contribution in [2.75, 3.05) is 13.2 Å². The van der Waals surface area contributed by atoms with Crippen LogP contribution < -0.4 is 0 Å². The zero-order chi connectivity index (χ0) is 16.2. The average molecular weight is 415 g/mol. The van der Waals surface area contributed by atoms with Gasteiger partial charge in [0.15, 0.2) is 0 Å². The van der Waals surface area contributed by atoms with Crippen LogP contribution in [0.5, 0.6) is 0 Å². The Morgan fingerprint density at radius 2 is 2.13 bits per heavy atom. The first-order valence-electron chi connectivity index (χ1n) is 7.51. The molecule has 0 radical (unpaired) electrons. The van der Waals surface area contributed by atoms with Crippen molar-refractivity contribution in [2.24, 2.45) is 0 Å². The van der Waals surface area contributed by atoms with Gasteiger partial charge in [-0.3, -0.25) is 4.79 Å². The summed E-state index contributed by atoms with van der Waals surface area (Å²) >= 11 is 11.4. The minimum absolute atomic E-state index is 0.0170. The van der Waals surface area contributed by atoms with Crippen molar-refractivity contribution < 1.29 is 9.53 Å². The molecule has 0 atom stereocenters. The number of nitrogens with zero attached hydrogens (tertiary/aromatic N) is 1. The summed E-state index contributed by atoms with van der Waals surface area (Å²) in [7, 11) is 0. The predicted octanol–water partition coefficient (Wildman–Crippen LogP) is 4.99. The maximum Gasteiger partial charge on any atom is 0.255 e. The number of carbonyl (C=O) groups is 1. The van der Waals surface area contributed by atoms with Gasteiger partial charge in [0.25, 0.3) is 5.91 Å². The third-order valence-corrected chi connectivity index (χ3v) is 5.64. The number of carbonyl (C=O) groups excluding carboxylic acids is 1. The van der Waals surface area contributed by atoms with E-state index in [0.717, 1.165) is 17.3 Å². The highest BCUT2D eigenvalue weighted by Gasteiger charge is 2.28. The van der Waals surface area contributed by atoms with Gasteiger partial charge >= 0.3 is 0 Å². The quantitative estimate of drug-likeness (QED) is 0.705. The Morgan fingerprint density at radius 3 is 2.83 bits per heavy atom. The number of benzene rings is 1. The molecule has 0 N–H and O–H groups in total. The molecule has 1 saturated heterocycles. The van der Waals surface area contributed by atoms with Gasteiger partial charge in [0, 0.05) is 28.6 Å². The molecule has 0 saturated carbocycles. The SMILES string of the molecule is O=C(c1cc(Br)ccc1Cl)N(Cc1cccs1)C1CCOCC1. The molecule has 2 aromatic rings. The number of ether oxygens (including phenoxy) is 1. The number of halogens is 2. The fourth-order valence-electron chi connectivity index (χ4n) is 2.75. The maximum atomic E-state index is 13.1. The Morgan fingerprint density at radius 1 is 1.35 bits per heavy atom. The van der Waals surface area contributed by atoms with E-state index in [1.54, 1.807) is 23.5 Å². The van der Waals surface area contributed by atoms with E-state index in [9.17, 15) is 4.79 Å². The van der Waals surface area contributed by atoms with Crippen LogP contribution in [0.4, 0.5) is 0 Å². The largest absolute Gasteiger partial charge is 0.381 e. The summed E-state index contributed by atoms with van der Waals surface area (Å²) in [6, 6.07) is 9.66. The Hall–Kier alpha value is -0.880. The van der Waals surface area contributed by atoms with Gasteiger partial charge in [0.05, 0.1) is 17.1 Å². The predicted molar refractivity (Wildman–Crippen MR) is 97.2 cm³/mol. The third-order valence-electron chi connectivity index (χ3n) is 3.96. The Kier molecular flexibility index (Phi) is 5.75. The summed E-state index contributed by atoms with van der Waals surface area (Å²) in [6.45, 7) is 2.01. The number of amides is 1. The van der Waals surface area contributed by atoms with Crippen molar-refractivity contribution in [2.45, 2.75) is 25.4 Å². The molecular weight excluding hydrogens is 398 g/mol. The Bertz CT molecular complexity index is 671. The smallest absolute Gasteiger partial charge is 0.255 e. The number of hydrogen-bond acceptors (Lipinski definition) is 3. The van der Waals surface area contributed by atoms with E-state index in [1.165, 1.54) is 4.88 Å². The normalized spacial score (nSPS) is 15.6. The van der Waals surface area contributed by atoms with Crippen LogP contribution in [0, 0.1) is 0 Å². The van der Waals surface area contributed by atoms with Crippen LogP contribution >= 0.6 is 38.9 Å². The summed E-state index contributed by atoms with van der Waals surface area (Å²) in [6.07, 6.45) is 1.73. The summed E-state index contributed by atoms with van der Waals surface area (Å²) in [5.41, 5.74) is 0.545. The van der Waals surface area contributed by atoms with Crippen molar-refractivity contribution in [1.82, 2.24) is 4.90 Å². The van der Waals surface area contributed by atoms with Gasteiger partial charge < -0.3 is 9.64 Å². The molecule has 1 aromatic heterocycles. The van der Waals surface area contributed by atoms with Gasteiger partial charge in [-0.1, -0.05) is 33.6 Å². The molecule has 2 heterocycles. The van der Waals surface area contributed by atoms with Crippen molar-refractivity contribution in [3.63, 3.8) is 0 Å². The standard InChI is InChI=1S/C17H17BrClNO2S/c18-12-3-4-16(19)15(10-12)17(21)20(11-14-2-1-9-23-14)13-5-7-22-8-6-13/h1-4,9-10,13H,5-8,11H2. The van der Waals surface area contributed by atoms with E-state index in [-0.39, 0.29) is 11.9 Å². The number of thiophene rings is 1. The zero-order valence-corrected chi connectivity index (χ0v) is 15.7. The molecule has 1 aromatic carbocycles. The van der Waals surface area contributed by atoms with E-state index >= 15 is 0 Å². The molecule has 6 heteroatoms. The van der Waals surface area contributed by atoms with Gasteiger partial charge in [0.2, 0.25) is 0 Å². The van der Waals surface area contributed by atoms with E-state index < -0.39 is 0 Å². The minimum atomic E-state index is -0.0170. The molecule has 3 rings (SSSR count). The van der Waals surface area contributed by atoms with Crippen LogP contribution in [0.2, 0.25) is 5.02 Å². The summed E-state index contributed by atoms with van der Waals surface area (Å²) in [5.74, 6) is -0.0170. The lowest BCUT2D eigenvalue weighted by Gasteiger charge is -2.34. The fraction of sp³-hybridized carbons (Fsp3) is 0.353. The van der Waals surface area contributed by atoms with Gasteiger partial charge in [-0.05, 0) is 42.5 Å². The lowest BCUT2D eigenvalue weighted by atomic mass is 10.0. The molecule has 1 amide bonds. The Balaban J connectivity index is 1.89. The van der Waals surface area contributed by atoms with E-state index in [4.69, 9.17) is 16.3 Å². The first-order chi connectivity index (χ1) is 11.1. The van der Waals surface area contributed by atoms with Crippen LogP contribution in [-0.2, 0) is 11.3 Å². The van der Waals surface area contributed by atoms with Crippen LogP contribution in [0.25, 0.3) is 0 Å². The average Bonchev–Trinajstić information content (AvgIpc) is 3.08. The first kappa shape index (κ1) is 17.0. The third kappa shape index (κ3) is 4.15. The van der Waals surface area contributed by atoms with E-state index in [1.807, 2.05) is 22.4 Å². The molecular formula is C17H17BrClNO2S. The molecule has 3 nitrogen and oxygen atoms in total. The molecule has 0 bridgehead atoms. The highest BCUT2D eigenvalue weighted by molar-refractivity contribution is 9.10. The molecule has 0 aliphatic carbocycles. The van der Waals surface area contributed by atoms with Gasteiger partial charge in [-0.25, -0.2) is 0 Å². The maximum absolute atomic E-state index is 13.1. The van der Waals surface area contributed by atoms with Crippen LogP contribution in [0.1, 0.15) is 28.1 Å². The highest BCUT2D eigenvalue weighted by atomic mass is 79.9. The highest BCUT2D eigenvalue weighted by Crippen LogP contribution is 2.27. The summed E-state index contributed by atoms with van der Waals surface area (Å²) in [5, 5.41) is 2.52. The summed E-state index contributed by atoms with van der Waals surface area (Å²) in [4.78, 5) is 16.3. The van der Waals surface area contributed by atoms with Crippen LogP contribution in [0.3, 0.4) is 0 Å². The molecule has 1 aliphatic heterocycles. The first-order valence-corrected chi connectivity index (χ1v) is 9.56. The molecule has 0 spiro atoms. The summed E-state index contributed by atoms with van der Waals surface area (Å²) < 4.78 is 6.30. The zero-order valence-electron chi connectivity index (χ0n) is 12.5. The minimum Gasteiger partial charge on any atom is -0.381 e. The topological polar surface area (TPSA) is 29.5 Å². The number of hydrogen-bond donors (Lipinski definition) is 0. The van der Waals surface area contributed by atoms with E-state index in [0.29, 0.717) is 30.3 Å². The molecule has 1 fully saturated rings. The molecule has 122 valence electrons. The van der Waals surface area contributed by atoms with E-state index in [2.05, 4.69) is 22.0 Å². The van der Waals surface area contributed by atoms with Crippen LogP contribution in [-0.4, -0.2) is 30.1 Å². The molecule has 0 unspecified atom stereocenters. The van der Waals surface area contributed by atoms with Crippen molar-refractivity contribution >= 4 is 44.8 Å². The lowest BCUT2D eigenvalue weighted by molar-refractivity contribution is 0.0270. The second kappa shape index (κ2) is 7.79. The fourth-order valence-corrected chi connectivity index (χ4v) is 4.01. The molecule has 23 heavy (non-hydrogen) atoms. The second-order valence-electron chi connectivity index (χ2n) is 5.48. The van der Waals surface area contributed by atoms with Gasteiger partial charge in [0.1, 0.15) is 0 Å². The lowest BCUT2D eigenvalue weighted by Crippen LogP contribution is -2.43. The van der Waals surface area contributed by atoms with Gasteiger partial charge in [-0.15, -0.1) is 11.3 Å². The Labute approximate surface area is 153 Å². The van der Waals surface area contributed by atoms with Crippen LogP contribution in [0.15, 0.2) is 40.2 Å². The molecule has 1 aliphatic rings. The van der Waals surface area contributed by atoms with Gasteiger partial charge in [-0.2, -0.15) is 0 Å². The number of rotatable bonds is 4. The van der Waals surface area contributed by atoms with Crippen molar-refractivity contribution in [3.8, 4) is 0 Å². The monoisotopic (exact) mass is 413 g/mol. The second-order valence-corrected chi connectivity index (χ2v) is 7.84.